The maximum atomic E-state index is 6.48. The predicted molar refractivity (Wildman–Crippen MR) is 216 cm³/mol. The van der Waals surface area contributed by atoms with E-state index in [-0.39, 0.29) is 0 Å². The van der Waals surface area contributed by atoms with Gasteiger partial charge in [0.05, 0.1) is 0 Å². The summed E-state index contributed by atoms with van der Waals surface area (Å²) < 4.78 is 6.48. The van der Waals surface area contributed by atoms with Crippen molar-refractivity contribution < 1.29 is 4.74 Å². The topological polar surface area (TPSA) is 9.23 Å². The summed E-state index contributed by atoms with van der Waals surface area (Å²) in [7, 11) is 0. The molecule has 1 heterocycles. The fourth-order valence-corrected chi connectivity index (χ4v) is 8.48. The molecule has 0 saturated carbocycles. The van der Waals surface area contributed by atoms with Gasteiger partial charge in [-0.25, -0.2) is 0 Å². The van der Waals surface area contributed by atoms with Crippen molar-refractivity contribution in [3.63, 3.8) is 0 Å². The van der Waals surface area contributed by atoms with E-state index in [1.165, 1.54) is 92.8 Å². The van der Waals surface area contributed by atoms with Crippen molar-refractivity contribution in [2.45, 2.75) is 0 Å². The number of hydrogen-bond acceptors (Lipinski definition) is 1. The van der Waals surface area contributed by atoms with E-state index < -0.39 is 0 Å². The van der Waals surface area contributed by atoms with Gasteiger partial charge in [-0.1, -0.05) is 152 Å². The molecule has 0 N–H and O–H groups in total. The molecular weight excluding hydrogens is 617 g/mol. The Morgan fingerprint density at radius 3 is 1.49 bits per heavy atom. The zero-order valence-corrected chi connectivity index (χ0v) is 27.7. The molecule has 0 spiro atoms. The van der Waals surface area contributed by atoms with Crippen LogP contribution in [0.15, 0.2) is 182 Å². The lowest BCUT2D eigenvalue weighted by molar-refractivity contribution is 0.487. The molecule has 0 radical (unpaired) electrons. The molecule has 0 saturated heterocycles. The molecule has 1 heteroatoms. The summed E-state index contributed by atoms with van der Waals surface area (Å²) in [4.78, 5) is 0. The third kappa shape index (κ3) is 4.28. The Morgan fingerprint density at radius 1 is 0.275 bits per heavy atom. The van der Waals surface area contributed by atoms with Crippen LogP contribution < -0.4 is 4.74 Å². The summed E-state index contributed by atoms with van der Waals surface area (Å²) in [5, 5.41) is 12.4. The monoisotopic (exact) mass is 646 g/mol. The largest absolute Gasteiger partial charge is 0.456 e. The molecule has 1 aliphatic rings. The third-order valence-corrected chi connectivity index (χ3v) is 10.8. The highest BCUT2D eigenvalue weighted by atomic mass is 16.5. The number of rotatable bonds is 3. The summed E-state index contributed by atoms with van der Waals surface area (Å²) in [6.45, 7) is 0. The quantitative estimate of drug-likeness (QED) is 0.174. The van der Waals surface area contributed by atoms with Crippen molar-refractivity contribution in [1.82, 2.24) is 0 Å². The molecule has 1 nitrogen and oxygen atoms in total. The second-order valence-electron chi connectivity index (χ2n) is 13.6. The van der Waals surface area contributed by atoms with Gasteiger partial charge in [0, 0.05) is 10.9 Å². The first-order valence-electron chi connectivity index (χ1n) is 17.6. The molecule has 0 aliphatic carbocycles. The van der Waals surface area contributed by atoms with Crippen molar-refractivity contribution in [2.75, 3.05) is 0 Å². The molecule has 0 amide bonds. The number of ether oxygens (including phenoxy) is 1. The zero-order chi connectivity index (χ0) is 33.5. The predicted octanol–water partition coefficient (Wildman–Crippen LogP) is 14.2. The lowest BCUT2D eigenvalue weighted by atomic mass is 9.83. The van der Waals surface area contributed by atoms with E-state index in [4.69, 9.17) is 4.74 Å². The molecular formula is C50H30O. The maximum Gasteiger partial charge on any atom is 0.135 e. The van der Waals surface area contributed by atoms with E-state index in [2.05, 4.69) is 176 Å². The van der Waals surface area contributed by atoms with Crippen molar-refractivity contribution in [1.29, 1.82) is 0 Å². The van der Waals surface area contributed by atoms with E-state index in [1.807, 2.05) is 6.07 Å². The molecule has 10 aromatic carbocycles. The second-order valence-corrected chi connectivity index (χ2v) is 13.6. The summed E-state index contributed by atoms with van der Waals surface area (Å²) >= 11 is 0. The first-order valence-corrected chi connectivity index (χ1v) is 17.6. The third-order valence-electron chi connectivity index (χ3n) is 10.8. The van der Waals surface area contributed by atoms with Crippen LogP contribution in [-0.2, 0) is 0 Å². The van der Waals surface area contributed by atoms with E-state index in [9.17, 15) is 0 Å². The van der Waals surface area contributed by atoms with Gasteiger partial charge in [-0.15, -0.1) is 0 Å². The molecule has 51 heavy (non-hydrogen) atoms. The zero-order valence-electron chi connectivity index (χ0n) is 27.7. The summed E-state index contributed by atoms with van der Waals surface area (Å²) in [5.74, 6) is 1.82. The van der Waals surface area contributed by atoms with Gasteiger partial charge in [0.2, 0.25) is 0 Å². The molecule has 0 bridgehead atoms. The van der Waals surface area contributed by atoms with E-state index >= 15 is 0 Å². The molecule has 11 rings (SSSR count). The molecule has 236 valence electrons. The van der Waals surface area contributed by atoms with Crippen molar-refractivity contribution in [2.24, 2.45) is 0 Å². The van der Waals surface area contributed by atoms with Gasteiger partial charge in [-0.3, -0.25) is 0 Å². The summed E-state index contributed by atoms with van der Waals surface area (Å²) in [6.07, 6.45) is 0. The Hall–Kier alpha value is -6.70. The first kappa shape index (κ1) is 28.2. The molecule has 1 aliphatic heterocycles. The van der Waals surface area contributed by atoms with Gasteiger partial charge in [0.25, 0.3) is 0 Å². The fourth-order valence-electron chi connectivity index (χ4n) is 8.48. The van der Waals surface area contributed by atoms with Gasteiger partial charge in [-0.2, -0.15) is 0 Å². The molecule has 0 fully saturated rings. The fraction of sp³-hybridized carbons (Fsp3) is 0. The van der Waals surface area contributed by atoms with Crippen LogP contribution in [0.4, 0.5) is 0 Å². The highest BCUT2D eigenvalue weighted by molar-refractivity contribution is 6.25. The summed E-state index contributed by atoms with van der Waals surface area (Å²) in [5.41, 5.74) is 9.80. The standard InChI is InChI=1S/C50H30O/c1-2-11-32-28-33(21-20-31(32)10-1)34-22-23-36-30-37(25-24-35(36)29-34)48-39-13-3-5-15-41(39)49(42-16-6-4-14-40(42)48)45-27-26-44-38-12-7-8-18-46(38)51-47-19-9-17-43(45)50(44)47/h1-30H. The van der Waals surface area contributed by atoms with Crippen LogP contribution in [-0.4, -0.2) is 0 Å². The summed E-state index contributed by atoms with van der Waals surface area (Å²) in [6, 6.07) is 66.4. The average Bonchev–Trinajstić information content (AvgIpc) is 3.19. The molecule has 0 unspecified atom stereocenters. The van der Waals surface area contributed by atoms with Crippen LogP contribution in [0.3, 0.4) is 0 Å². The SMILES string of the molecule is c1ccc2c(c1)Oc1cccc3c(-c4c5ccccc5c(-c5ccc6cc(-c7ccc8ccccc8c7)ccc6c5)c5ccccc45)ccc-2c13. The average molecular weight is 647 g/mol. The smallest absolute Gasteiger partial charge is 0.135 e. The second kappa shape index (κ2) is 10.9. The lowest BCUT2D eigenvalue weighted by Crippen LogP contribution is -1.98. The Morgan fingerprint density at radius 2 is 0.765 bits per heavy atom. The minimum absolute atomic E-state index is 0.908. The first-order chi connectivity index (χ1) is 25.3. The minimum atomic E-state index is 0.908. The van der Waals surface area contributed by atoms with Gasteiger partial charge < -0.3 is 4.74 Å². The van der Waals surface area contributed by atoms with E-state index in [1.54, 1.807) is 0 Å². The normalized spacial score (nSPS) is 12.1. The molecule has 10 aromatic rings. The van der Waals surface area contributed by atoms with E-state index in [0.29, 0.717) is 0 Å². The number of hydrogen-bond donors (Lipinski definition) is 0. The van der Waals surface area contributed by atoms with Gasteiger partial charge >= 0.3 is 0 Å². The minimum Gasteiger partial charge on any atom is -0.456 e. The van der Waals surface area contributed by atoms with Crippen molar-refractivity contribution >= 4 is 53.9 Å². The molecule has 0 atom stereocenters. The highest BCUT2D eigenvalue weighted by Crippen LogP contribution is 2.51. The van der Waals surface area contributed by atoms with Gasteiger partial charge in [-0.05, 0) is 118 Å². The Kier molecular flexibility index (Phi) is 6.02. The van der Waals surface area contributed by atoms with Crippen molar-refractivity contribution in [3.05, 3.63) is 182 Å². The number of fused-ring (bicyclic) bond motifs is 6. The van der Waals surface area contributed by atoms with Crippen LogP contribution in [0.5, 0.6) is 11.5 Å². The Balaban J connectivity index is 1.11. The Labute approximate surface area is 295 Å². The molecule has 0 aromatic heterocycles. The van der Waals surface area contributed by atoms with Crippen LogP contribution in [0.2, 0.25) is 0 Å². The maximum absolute atomic E-state index is 6.48. The lowest BCUT2D eigenvalue weighted by Gasteiger charge is -2.24. The van der Waals surface area contributed by atoms with Gasteiger partial charge in [0.1, 0.15) is 11.5 Å². The van der Waals surface area contributed by atoms with Crippen LogP contribution >= 0.6 is 0 Å². The number of benzene rings is 10. The van der Waals surface area contributed by atoms with Crippen LogP contribution in [0.25, 0.3) is 98.4 Å². The van der Waals surface area contributed by atoms with Crippen LogP contribution in [0.1, 0.15) is 0 Å². The number of para-hydroxylation sites is 1. The van der Waals surface area contributed by atoms with Gasteiger partial charge in [0.15, 0.2) is 0 Å². The van der Waals surface area contributed by atoms with E-state index in [0.717, 1.165) is 17.1 Å². The van der Waals surface area contributed by atoms with Crippen molar-refractivity contribution in [3.8, 4) is 56.0 Å². The Bertz CT molecular complexity index is 3000. The highest BCUT2D eigenvalue weighted by Gasteiger charge is 2.23. The van der Waals surface area contributed by atoms with Crippen LogP contribution in [0, 0.1) is 0 Å².